The number of rotatable bonds is 3. The summed E-state index contributed by atoms with van der Waals surface area (Å²) >= 11 is 2.16. The Labute approximate surface area is 132 Å². The van der Waals surface area contributed by atoms with Crippen LogP contribution in [0.3, 0.4) is 0 Å². The van der Waals surface area contributed by atoms with E-state index in [1.807, 2.05) is 43.3 Å². The molecule has 2 rings (SSSR count). The summed E-state index contributed by atoms with van der Waals surface area (Å²) in [5.74, 6) is 0.160. The van der Waals surface area contributed by atoms with Gasteiger partial charge >= 0.3 is 0 Å². The van der Waals surface area contributed by atoms with E-state index in [2.05, 4.69) is 22.6 Å². The van der Waals surface area contributed by atoms with Gasteiger partial charge in [0.05, 0.1) is 11.6 Å². The highest BCUT2D eigenvalue weighted by Gasteiger charge is 2.22. The molecule has 0 radical (unpaired) electrons. The fourth-order valence-corrected chi connectivity index (χ4v) is 2.67. The molecule has 1 unspecified atom stereocenters. The molecule has 0 heterocycles. The molecule has 2 aromatic carbocycles. The van der Waals surface area contributed by atoms with Crippen LogP contribution >= 0.6 is 22.6 Å². The van der Waals surface area contributed by atoms with Crippen LogP contribution in [0.2, 0.25) is 0 Å². The van der Waals surface area contributed by atoms with Crippen molar-refractivity contribution in [3.63, 3.8) is 0 Å². The van der Waals surface area contributed by atoms with Gasteiger partial charge in [-0.3, -0.25) is 4.79 Å². The minimum atomic E-state index is -0.195. The van der Waals surface area contributed by atoms with E-state index in [0.29, 0.717) is 5.56 Å². The molecule has 1 atom stereocenters. The number of benzene rings is 2. The number of hydrogen-bond acceptors (Lipinski definition) is 2. The fourth-order valence-electron chi connectivity index (χ4n) is 2.05. The Bertz CT molecular complexity index is 627. The lowest BCUT2D eigenvalue weighted by Gasteiger charge is -2.26. The quantitative estimate of drug-likeness (QED) is 0.822. The Morgan fingerprint density at radius 1 is 1.15 bits per heavy atom. The third-order valence-corrected chi connectivity index (χ3v) is 4.33. The van der Waals surface area contributed by atoms with Gasteiger partial charge in [-0.2, -0.15) is 0 Å². The number of hydrogen-bond donors (Lipinski definition) is 1. The van der Waals surface area contributed by atoms with E-state index in [-0.39, 0.29) is 17.7 Å². The first-order valence-electron chi connectivity index (χ1n) is 6.32. The molecule has 0 aromatic heterocycles. The normalized spacial score (nSPS) is 11.9. The summed E-state index contributed by atoms with van der Waals surface area (Å²) in [6, 6.07) is 14.4. The molecule has 0 aliphatic carbocycles. The summed E-state index contributed by atoms with van der Waals surface area (Å²) in [5, 5.41) is 9.90. The second-order valence-electron chi connectivity index (χ2n) is 4.63. The molecule has 0 saturated carbocycles. The first-order chi connectivity index (χ1) is 9.52. The second-order valence-corrected chi connectivity index (χ2v) is 5.79. The van der Waals surface area contributed by atoms with Crippen LogP contribution < -0.4 is 0 Å². The number of carbonyl (C=O) groups is 1. The Morgan fingerprint density at radius 3 is 2.40 bits per heavy atom. The third-order valence-electron chi connectivity index (χ3n) is 3.39. The molecule has 0 fully saturated rings. The van der Waals surface area contributed by atoms with Crippen LogP contribution in [0.4, 0.5) is 0 Å². The zero-order valence-corrected chi connectivity index (χ0v) is 13.5. The average molecular weight is 381 g/mol. The summed E-state index contributed by atoms with van der Waals surface area (Å²) in [5.41, 5.74) is 1.42. The summed E-state index contributed by atoms with van der Waals surface area (Å²) in [6.45, 7) is 1.91. The Hall–Kier alpha value is -1.56. The lowest BCUT2D eigenvalue weighted by molar-refractivity contribution is 0.0740. The standard InChI is InChI=1S/C16H16INO2/c1-11(12-7-4-6-10-15(12)19)18(2)16(20)13-8-3-5-9-14(13)17/h3-11,19H,1-2H3. The molecule has 104 valence electrons. The van der Waals surface area contributed by atoms with Crippen molar-refractivity contribution >= 4 is 28.5 Å². The van der Waals surface area contributed by atoms with Crippen molar-refractivity contribution in [2.45, 2.75) is 13.0 Å². The van der Waals surface area contributed by atoms with Gasteiger partial charge in [-0.1, -0.05) is 30.3 Å². The van der Waals surface area contributed by atoms with Crippen molar-refractivity contribution in [3.8, 4) is 5.75 Å². The molecule has 3 nitrogen and oxygen atoms in total. The van der Waals surface area contributed by atoms with E-state index >= 15 is 0 Å². The zero-order valence-electron chi connectivity index (χ0n) is 11.4. The Kier molecular flexibility index (Phi) is 4.65. The highest BCUT2D eigenvalue weighted by molar-refractivity contribution is 14.1. The van der Waals surface area contributed by atoms with Crippen LogP contribution in [0, 0.1) is 3.57 Å². The van der Waals surface area contributed by atoms with Crippen LogP contribution in [0.1, 0.15) is 28.9 Å². The molecule has 4 heteroatoms. The van der Waals surface area contributed by atoms with Crippen LogP contribution in [-0.4, -0.2) is 23.0 Å². The van der Waals surface area contributed by atoms with E-state index in [0.717, 1.165) is 9.13 Å². The predicted molar refractivity (Wildman–Crippen MR) is 87.8 cm³/mol. The van der Waals surface area contributed by atoms with Crippen LogP contribution in [0.25, 0.3) is 0 Å². The first kappa shape index (κ1) is 14.8. The van der Waals surface area contributed by atoms with Gasteiger partial charge in [0.15, 0.2) is 0 Å². The number of para-hydroxylation sites is 1. The Morgan fingerprint density at radius 2 is 1.75 bits per heavy atom. The molecule has 0 aliphatic heterocycles. The summed E-state index contributed by atoms with van der Waals surface area (Å²) < 4.78 is 0.923. The number of nitrogens with zero attached hydrogens (tertiary/aromatic N) is 1. The number of aromatic hydroxyl groups is 1. The van der Waals surface area contributed by atoms with Crippen molar-refractivity contribution in [2.75, 3.05) is 7.05 Å². The van der Waals surface area contributed by atoms with Gasteiger partial charge in [0, 0.05) is 16.2 Å². The van der Waals surface area contributed by atoms with Gasteiger partial charge in [0.1, 0.15) is 5.75 Å². The van der Waals surface area contributed by atoms with Gasteiger partial charge < -0.3 is 10.0 Å². The maximum absolute atomic E-state index is 12.5. The molecule has 0 bridgehead atoms. The monoisotopic (exact) mass is 381 g/mol. The highest BCUT2D eigenvalue weighted by atomic mass is 127. The van der Waals surface area contributed by atoms with Gasteiger partial charge in [-0.05, 0) is 47.7 Å². The van der Waals surface area contributed by atoms with E-state index in [4.69, 9.17) is 0 Å². The molecule has 1 N–H and O–H groups in total. The van der Waals surface area contributed by atoms with Gasteiger partial charge in [-0.25, -0.2) is 0 Å². The molecule has 20 heavy (non-hydrogen) atoms. The van der Waals surface area contributed by atoms with Crippen molar-refractivity contribution in [1.82, 2.24) is 4.90 Å². The van der Waals surface area contributed by atoms with Gasteiger partial charge in [0.2, 0.25) is 0 Å². The number of phenolic OH excluding ortho intramolecular Hbond substituents is 1. The maximum Gasteiger partial charge on any atom is 0.255 e. The lowest BCUT2D eigenvalue weighted by Crippen LogP contribution is -2.30. The van der Waals surface area contributed by atoms with Crippen molar-refractivity contribution in [2.24, 2.45) is 0 Å². The minimum absolute atomic E-state index is 0.0502. The van der Waals surface area contributed by atoms with Gasteiger partial charge in [0.25, 0.3) is 5.91 Å². The maximum atomic E-state index is 12.5. The van der Waals surface area contributed by atoms with Crippen LogP contribution in [0.15, 0.2) is 48.5 Å². The molecule has 0 saturated heterocycles. The van der Waals surface area contributed by atoms with Crippen molar-refractivity contribution in [1.29, 1.82) is 0 Å². The molecule has 0 spiro atoms. The van der Waals surface area contributed by atoms with E-state index in [9.17, 15) is 9.90 Å². The molecule has 1 amide bonds. The SMILES string of the molecule is CC(c1ccccc1O)N(C)C(=O)c1ccccc1I. The highest BCUT2D eigenvalue weighted by Crippen LogP contribution is 2.28. The number of phenols is 1. The smallest absolute Gasteiger partial charge is 0.255 e. The number of amides is 1. The van der Waals surface area contributed by atoms with Crippen molar-refractivity contribution < 1.29 is 9.90 Å². The van der Waals surface area contributed by atoms with E-state index in [1.54, 1.807) is 24.1 Å². The summed E-state index contributed by atoms with van der Waals surface area (Å²) in [7, 11) is 1.75. The average Bonchev–Trinajstić information content (AvgIpc) is 2.46. The lowest BCUT2D eigenvalue weighted by atomic mass is 10.1. The van der Waals surface area contributed by atoms with E-state index < -0.39 is 0 Å². The van der Waals surface area contributed by atoms with Gasteiger partial charge in [-0.15, -0.1) is 0 Å². The summed E-state index contributed by atoms with van der Waals surface area (Å²) in [6.07, 6.45) is 0. The molecule has 2 aromatic rings. The summed E-state index contributed by atoms with van der Waals surface area (Å²) in [4.78, 5) is 14.2. The third kappa shape index (κ3) is 2.95. The van der Waals surface area contributed by atoms with Crippen molar-refractivity contribution in [3.05, 3.63) is 63.2 Å². The molecule has 0 aliphatic rings. The largest absolute Gasteiger partial charge is 0.508 e. The van der Waals surface area contributed by atoms with Crippen LogP contribution in [-0.2, 0) is 0 Å². The Balaban J connectivity index is 2.28. The zero-order chi connectivity index (χ0) is 14.7. The fraction of sp³-hybridized carbons (Fsp3) is 0.188. The van der Waals surface area contributed by atoms with Crippen LogP contribution in [0.5, 0.6) is 5.75 Å². The number of carbonyl (C=O) groups excluding carboxylic acids is 1. The predicted octanol–water partition coefficient (Wildman–Crippen LogP) is 3.83. The topological polar surface area (TPSA) is 40.5 Å². The molecular weight excluding hydrogens is 365 g/mol. The molecular formula is C16H16INO2. The first-order valence-corrected chi connectivity index (χ1v) is 7.40. The number of halogens is 1. The minimum Gasteiger partial charge on any atom is -0.508 e. The second kappa shape index (κ2) is 6.26. The van der Waals surface area contributed by atoms with E-state index in [1.165, 1.54) is 0 Å².